The van der Waals surface area contributed by atoms with Crippen molar-refractivity contribution in [3.8, 4) is 0 Å². The summed E-state index contributed by atoms with van der Waals surface area (Å²) in [7, 11) is -5.44. The monoisotopic (exact) mass is 482 g/mol. The molecule has 0 saturated carbocycles. The van der Waals surface area contributed by atoms with Gasteiger partial charge in [-0.05, 0) is 41.4 Å². The van der Waals surface area contributed by atoms with E-state index in [2.05, 4.69) is 38.1 Å². The highest BCUT2D eigenvalue weighted by atomic mass is 32.2. The molecule has 0 spiro atoms. The van der Waals surface area contributed by atoms with Gasteiger partial charge in [0.15, 0.2) is 28.2 Å². The van der Waals surface area contributed by atoms with Crippen molar-refractivity contribution in [2.24, 2.45) is 0 Å². The Morgan fingerprint density at radius 1 is 0.967 bits per heavy atom. The number of hydrogen-bond donors (Lipinski definition) is 1. The highest BCUT2D eigenvalue weighted by molar-refractivity contribution is 7.99. The third kappa shape index (κ3) is 6.15. The van der Waals surface area contributed by atoms with E-state index in [1.807, 2.05) is 0 Å². The minimum absolute atomic E-state index is 0.178. The third-order valence-electron chi connectivity index (χ3n) is 4.55. The molecule has 30 heavy (non-hydrogen) atoms. The lowest BCUT2D eigenvalue weighted by Gasteiger charge is -2.10. The number of hydrogen-bond acceptors (Lipinski definition) is 4. The van der Waals surface area contributed by atoms with E-state index < -0.39 is 43.2 Å². The van der Waals surface area contributed by atoms with Gasteiger partial charge in [-0.1, -0.05) is 38.1 Å². The van der Waals surface area contributed by atoms with Crippen molar-refractivity contribution in [3.05, 3.63) is 58.7 Å². The molecule has 0 amide bonds. The molecule has 1 unspecified atom stereocenters. The fourth-order valence-electron chi connectivity index (χ4n) is 2.65. The molecule has 1 N–H and O–H groups in total. The molecular formula is C20H22F4O3S3. The highest BCUT2D eigenvalue weighted by Crippen LogP contribution is 2.34. The second-order valence-corrected chi connectivity index (χ2v) is 10.3. The van der Waals surface area contributed by atoms with Crippen LogP contribution in [0.4, 0.5) is 17.6 Å². The van der Waals surface area contributed by atoms with Crippen LogP contribution in [0.15, 0.2) is 34.1 Å². The minimum atomic E-state index is -5.44. The minimum Gasteiger partial charge on any atom is -0.282 e. The van der Waals surface area contributed by atoms with Gasteiger partial charge in [0.1, 0.15) is 0 Å². The molecule has 2 aromatic carbocycles. The topological polar surface area (TPSA) is 54.4 Å². The zero-order valence-electron chi connectivity index (χ0n) is 16.4. The summed E-state index contributed by atoms with van der Waals surface area (Å²) >= 11 is 2.18. The maximum Gasteiger partial charge on any atom is 0.300 e. The molecule has 166 valence electrons. The first-order valence-corrected chi connectivity index (χ1v) is 12.8. The van der Waals surface area contributed by atoms with Gasteiger partial charge in [0.25, 0.3) is 0 Å². The Bertz CT molecular complexity index is 951. The van der Waals surface area contributed by atoms with Crippen LogP contribution in [0.2, 0.25) is 0 Å². The summed E-state index contributed by atoms with van der Waals surface area (Å²) in [4.78, 5) is -2.96. The summed E-state index contributed by atoms with van der Waals surface area (Å²) in [5.41, 5.74) is 2.44. The van der Waals surface area contributed by atoms with Crippen LogP contribution in [0.3, 0.4) is 0 Å². The summed E-state index contributed by atoms with van der Waals surface area (Å²) in [5.74, 6) is -5.81. The van der Waals surface area contributed by atoms with Gasteiger partial charge in [0.05, 0.1) is 4.90 Å². The Hall–Kier alpha value is -1.23. The van der Waals surface area contributed by atoms with Crippen LogP contribution in [0, 0.1) is 23.3 Å². The Morgan fingerprint density at radius 2 is 1.53 bits per heavy atom. The van der Waals surface area contributed by atoms with Crippen LogP contribution >= 0.6 is 23.5 Å². The number of thioether (sulfide) groups is 2. The molecule has 0 saturated heterocycles. The normalized spacial score (nSPS) is 12.9. The predicted octanol–water partition coefficient (Wildman–Crippen LogP) is 6.42. The molecule has 2 rings (SSSR count). The summed E-state index contributed by atoms with van der Waals surface area (Å²) < 4.78 is 86.1. The first-order valence-electron chi connectivity index (χ1n) is 9.20. The van der Waals surface area contributed by atoms with E-state index in [9.17, 15) is 26.0 Å². The first kappa shape index (κ1) is 25.0. The van der Waals surface area contributed by atoms with Crippen molar-refractivity contribution in [2.45, 2.75) is 48.2 Å². The molecular weight excluding hydrogens is 460 g/mol. The number of halogens is 4. The van der Waals surface area contributed by atoms with Crippen molar-refractivity contribution >= 4 is 33.6 Å². The smallest absolute Gasteiger partial charge is 0.282 e. The molecule has 0 heterocycles. The average molecular weight is 483 g/mol. The molecule has 0 radical (unpaired) electrons. The summed E-state index contributed by atoms with van der Waals surface area (Å²) in [6.45, 7) is 4.30. The van der Waals surface area contributed by atoms with Crippen molar-refractivity contribution in [3.63, 3.8) is 0 Å². The Balaban J connectivity index is 1.88. The van der Waals surface area contributed by atoms with Crippen LogP contribution in [0.1, 0.15) is 43.7 Å². The zero-order chi connectivity index (χ0) is 22.5. The molecule has 1 atom stereocenters. The molecule has 0 aromatic heterocycles. The van der Waals surface area contributed by atoms with E-state index in [4.69, 9.17) is 4.55 Å². The maximum absolute atomic E-state index is 14.0. The standard InChI is InChI=1S/C20H22F4O3S3/c1-3-12(2)14-7-5-13(6-8-14)11-28-9-4-10-29-19-15(21)17(23)20(30(25,26)27)18(24)16(19)22/h5-8,12H,3-4,9-11H2,1-2H3,(H,25,26,27). The highest BCUT2D eigenvalue weighted by Gasteiger charge is 2.32. The number of benzene rings is 2. The SMILES string of the molecule is CCC(C)c1ccc(CSCCCSc2c(F)c(F)c(S(=O)(=O)O)c(F)c2F)cc1. The van der Waals surface area contributed by atoms with Gasteiger partial charge in [0, 0.05) is 5.75 Å². The molecule has 3 nitrogen and oxygen atoms in total. The van der Waals surface area contributed by atoms with E-state index >= 15 is 0 Å². The van der Waals surface area contributed by atoms with E-state index in [-0.39, 0.29) is 5.75 Å². The summed E-state index contributed by atoms with van der Waals surface area (Å²) in [5, 5.41) is 0. The van der Waals surface area contributed by atoms with Crippen LogP contribution in [-0.4, -0.2) is 24.5 Å². The van der Waals surface area contributed by atoms with Gasteiger partial charge < -0.3 is 0 Å². The van der Waals surface area contributed by atoms with Crippen LogP contribution in [0.25, 0.3) is 0 Å². The van der Waals surface area contributed by atoms with Crippen molar-refractivity contribution in [2.75, 3.05) is 11.5 Å². The van der Waals surface area contributed by atoms with Crippen molar-refractivity contribution in [1.82, 2.24) is 0 Å². The summed E-state index contributed by atoms with van der Waals surface area (Å²) in [6, 6.07) is 8.34. The molecule has 0 fully saturated rings. The average Bonchev–Trinajstić information content (AvgIpc) is 2.70. The van der Waals surface area contributed by atoms with E-state index in [0.717, 1.165) is 17.7 Å². The summed E-state index contributed by atoms with van der Waals surface area (Å²) in [6.07, 6.45) is 1.59. The third-order valence-corrected chi connectivity index (χ3v) is 7.68. The lowest BCUT2D eigenvalue weighted by molar-refractivity contribution is 0.384. The lowest BCUT2D eigenvalue weighted by atomic mass is 9.98. The van der Waals surface area contributed by atoms with Gasteiger partial charge >= 0.3 is 10.1 Å². The second kappa shape index (κ2) is 10.9. The van der Waals surface area contributed by atoms with E-state index in [0.29, 0.717) is 29.9 Å². The van der Waals surface area contributed by atoms with Gasteiger partial charge in [-0.2, -0.15) is 20.2 Å². The molecule has 0 bridgehead atoms. The molecule has 0 aliphatic carbocycles. The fraction of sp³-hybridized carbons (Fsp3) is 0.400. The molecule has 0 aliphatic rings. The number of rotatable bonds is 10. The maximum atomic E-state index is 14.0. The second-order valence-electron chi connectivity index (χ2n) is 6.69. The van der Waals surface area contributed by atoms with Crippen molar-refractivity contribution < 1.29 is 30.5 Å². The van der Waals surface area contributed by atoms with Crippen molar-refractivity contribution in [1.29, 1.82) is 0 Å². The lowest BCUT2D eigenvalue weighted by Crippen LogP contribution is -2.11. The van der Waals surface area contributed by atoms with E-state index in [1.165, 1.54) is 5.56 Å². The van der Waals surface area contributed by atoms with E-state index in [1.54, 1.807) is 11.8 Å². The fourth-order valence-corrected chi connectivity index (χ4v) is 5.31. The Labute approximate surface area is 182 Å². The molecule has 2 aromatic rings. The quantitative estimate of drug-likeness (QED) is 0.139. The Morgan fingerprint density at radius 3 is 2.03 bits per heavy atom. The molecule has 0 aliphatic heterocycles. The van der Waals surface area contributed by atoms with Crippen LogP contribution < -0.4 is 0 Å². The van der Waals surface area contributed by atoms with Crippen LogP contribution in [-0.2, 0) is 15.9 Å². The van der Waals surface area contributed by atoms with Gasteiger partial charge in [0.2, 0.25) is 0 Å². The molecule has 10 heteroatoms. The van der Waals surface area contributed by atoms with Crippen LogP contribution in [0.5, 0.6) is 0 Å². The van der Waals surface area contributed by atoms with Gasteiger partial charge in [-0.15, -0.1) is 11.8 Å². The predicted molar refractivity (Wildman–Crippen MR) is 113 cm³/mol. The van der Waals surface area contributed by atoms with Gasteiger partial charge in [-0.25, -0.2) is 17.6 Å². The Kier molecular flexibility index (Phi) is 9.08. The van der Waals surface area contributed by atoms with Gasteiger partial charge in [-0.3, -0.25) is 4.55 Å². The largest absolute Gasteiger partial charge is 0.300 e. The zero-order valence-corrected chi connectivity index (χ0v) is 18.9. The first-order chi connectivity index (χ1) is 14.1.